The highest BCUT2D eigenvalue weighted by atomic mass is 16.5. The normalized spacial score (nSPS) is 24.6. The van der Waals surface area contributed by atoms with E-state index in [2.05, 4.69) is 27.1 Å². The van der Waals surface area contributed by atoms with Gasteiger partial charge in [-0.3, -0.25) is 4.90 Å². The zero-order valence-corrected chi connectivity index (χ0v) is 12.1. The molecule has 1 aliphatic heterocycles. The Bertz CT molecular complexity index is 381. The van der Waals surface area contributed by atoms with Crippen molar-refractivity contribution < 1.29 is 4.74 Å². The predicted octanol–water partition coefficient (Wildman–Crippen LogP) is 1.16. The number of ether oxygens (including phenoxy) is 1. The van der Waals surface area contributed by atoms with E-state index in [-0.39, 0.29) is 12.1 Å². The summed E-state index contributed by atoms with van der Waals surface area (Å²) in [4.78, 5) is 11.3. The van der Waals surface area contributed by atoms with Gasteiger partial charge in [0.2, 0.25) is 0 Å². The highest BCUT2D eigenvalue weighted by Crippen LogP contribution is 2.28. The van der Waals surface area contributed by atoms with Gasteiger partial charge in [0.1, 0.15) is 5.82 Å². The highest BCUT2D eigenvalue weighted by Gasteiger charge is 2.33. The summed E-state index contributed by atoms with van der Waals surface area (Å²) in [5.74, 6) is 0.822. The summed E-state index contributed by atoms with van der Waals surface area (Å²) in [7, 11) is 1.96. The molecule has 2 atom stereocenters. The van der Waals surface area contributed by atoms with Crippen LogP contribution in [0.5, 0.6) is 0 Å². The SMILES string of the molecule is CCCN1CCOC(CNC)C1c1ccnc(C)n1. The molecule has 1 aromatic rings. The maximum Gasteiger partial charge on any atom is 0.125 e. The van der Waals surface area contributed by atoms with Gasteiger partial charge in [-0.05, 0) is 33.0 Å². The van der Waals surface area contributed by atoms with Crippen LogP contribution in [0.4, 0.5) is 0 Å². The quantitative estimate of drug-likeness (QED) is 0.865. The largest absolute Gasteiger partial charge is 0.374 e. The third-order valence-electron chi connectivity index (χ3n) is 3.47. The average Bonchev–Trinajstić information content (AvgIpc) is 2.40. The summed E-state index contributed by atoms with van der Waals surface area (Å²) in [6.45, 7) is 7.84. The highest BCUT2D eigenvalue weighted by molar-refractivity contribution is 5.11. The first kappa shape index (κ1) is 14.4. The van der Waals surface area contributed by atoms with Crippen LogP contribution in [0.1, 0.15) is 30.9 Å². The number of hydrogen-bond donors (Lipinski definition) is 1. The molecule has 5 nitrogen and oxygen atoms in total. The van der Waals surface area contributed by atoms with E-state index in [1.807, 2.05) is 26.2 Å². The zero-order valence-electron chi connectivity index (χ0n) is 12.1. The number of nitrogens with one attached hydrogen (secondary N) is 1. The number of rotatable bonds is 5. The summed E-state index contributed by atoms with van der Waals surface area (Å²) >= 11 is 0. The van der Waals surface area contributed by atoms with Crippen molar-refractivity contribution in [1.82, 2.24) is 20.2 Å². The number of likely N-dealkylation sites (N-methyl/N-ethyl adjacent to an activating group) is 1. The summed E-state index contributed by atoms with van der Waals surface area (Å²) in [6, 6.07) is 2.24. The summed E-state index contributed by atoms with van der Waals surface area (Å²) < 4.78 is 5.94. The number of aromatic nitrogens is 2. The Hall–Kier alpha value is -1.04. The summed E-state index contributed by atoms with van der Waals surface area (Å²) in [6.07, 6.45) is 3.14. The van der Waals surface area contributed by atoms with Crippen LogP contribution in [-0.4, -0.2) is 54.3 Å². The Morgan fingerprint density at radius 3 is 3.05 bits per heavy atom. The van der Waals surface area contributed by atoms with E-state index in [0.29, 0.717) is 0 Å². The monoisotopic (exact) mass is 264 g/mol. The van der Waals surface area contributed by atoms with Crippen molar-refractivity contribution in [3.63, 3.8) is 0 Å². The van der Waals surface area contributed by atoms with Crippen LogP contribution in [0, 0.1) is 6.92 Å². The van der Waals surface area contributed by atoms with Gasteiger partial charge in [-0.2, -0.15) is 0 Å². The average molecular weight is 264 g/mol. The van der Waals surface area contributed by atoms with Gasteiger partial charge in [0, 0.05) is 19.3 Å². The van der Waals surface area contributed by atoms with Crippen LogP contribution in [0.25, 0.3) is 0 Å². The van der Waals surface area contributed by atoms with E-state index < -0.39 is 0 Å². The minimum Gasteiger partial charge on any atom is -0.374 e. The van der Waals surface area contributed by atoms with E-state index in [1.54, 1.807) is 0 Å². The second-order valence-electron chi connectivity index (χ2n) is 4.98. The molecule has 1 fully saturated rings. The molecule has 0 amide bonds. The Morgan fingerprint density at radius 1 is 1.53 bits per heavy atom. The van der Waals surface area contributed by atoms with E-state index in [1.165, 1.54) is 0 Å². The zero-order chi connectivity index (χ0) is 13.7. The maximum absolute atomic E-state index is 5.94. The molecule has 0 bridgehead atoms. The standard InChI is InChI=1S/C14H24N4O/c1-4-7-18-8-9-19-13(10-15-3)14(18)12-5-6-16-11(2)17-12/h5-6,13-15H,4,7-10H2,1-3H3. The van der Waals surface area contributed by atoms with Gasteiger partial charge in [0.25, 0.3) is 0 Å². The molecule has 0 spiro atoms. The Balaban J connectivity index is 2.26. The molecule has 106 valence electrons. The van der Waals surface area contributed by atoms with Crippen LogP contribution in [0.3, 0.4) is 0 Å². The van der Waals surface area contributed by atoms with Crippen LogP contribution < -0.4 is 5.32 Å². The molecule has 0 radical (unpaired) electrons. The van der Waals surface area contributed by atoms with E-state index >= 15 is 0 Å². The number of aryl methyl sites for hydroxylation is 1. The first-order chi connectivity index (χ1) is 9.26. The topological polar surface area (TPSA) is 50.3 Å². The number of morpholine rings is 1. The molecule has 0 aromatic carbocycles. The van der Waals surface area contributed by atoms with Gasteiger partial charge in [-0.1, -0.05) is 6.92 Å². The van der Waals surface area contributed by atoms with Crippen LogP contribution in [-0.2, 0) is 4.74 Å². The van der Waals surface area contributed by atoms with Crippen LogP contribution >= 0.6 is 0 Å². The van der Waals surface area contributed by atoms with E-state index in [9.17, 15) is 0 Å². The molecule has 2 rings (SSSR count). The molecule has 0 saturated carbocycles. The Labute approximate surface area is 115 Å². The van der Waals surface area contributed by atoms with Crippen molar-refractivity contribution in [1.29, 1.82) is 0 Å². The summed E-state index contributed by atoms with van der Waals surface area (Å²) in [5.41, 5.74) is 1.07. The minimum absolute atomic E-state index is 0.152. The molecule has 19 heavy (non-hydrogen) atoms. The fourth-order valence-electron chi connectivity index (χ4n) is 2.71. The molecule has 2 heterocycles. The molecule has 5 heteroatoms. The fraction of sp³-hybridized carbons (Fsp3) is 0.714. The van der Waals surface area contributed by atoms with Gasteiger partial charge < -0.3 is 10.1 Å². The lowest BCUT2D eigenvalue weighted by Gasteiger charge is -2.40. The minimum atomic E-state index is 0.152. The van der Waals surface area contributed by atoms with Crippen LogP contribution in [0.2, 0.25) is 0 Å². The lowest BCUT2D eigenvalue weighted by atomic mass is 10.0. The summed E-state index contributed by atoms with van der Waals surface area (Å²) in [5, 5.41) is 3.22. The fourth-order valence-corrected chi connectivity index (χ4v) is 2.71. The van der Waals surface area contributed by atoms with Crippen molar-refractivity contribution in [2.75, 3.05) is 33.3 Å². The van der Waals surface area contributed by atoms with E-state index in [0.717, 1.165) is 44.2 Å². The van der Waals surface area contributed by atoms with Crippen molar-refractivity contribution in [2.45, 2.75) is 32.4 Å². The maximum atomic E-state index is 5.94. The van der Waals surface area contributed by atoms with E-state index in [4.69, 9.17) is 4.74 Å². The van der Waals surface area contributed by atoms with Gasteiger partial charge in [0.05, 0.1) is 24.4 Å². The lowest BCUT2D eigenvalue weighted by Crippen LogP contribution is -2.49. The van der Waals surface area contributed by atoms with Crippen molar-refractivity contribution >= 4 is 0 Å². The molecule has 2 unspecified atom stereocenters. The molecular formula is C14H24N4O. The Morgan fingerprint density at radius 2 is 2.37 bits per heavy atom. The molecule has 0 aliphatic carbocycles. The second-order valence-corrected chi connectivity index (χ2v) is 4.98. The first-order valence-electron chi connectivity index (χ1n) is 7.06. The predicted molar refractivity (Wildman–Crippen MR) is 75.0 cm³/mol. The molecule has 1 N–H and O–H groups in total. The van der Waals surface area contributed by atoms with Crippen molar-refractivity contribution in [3.05, 3.63) is 23.8 Å². The Kier molecular flexibility index (Phi) is 5.24. The molecular weight excluding hydrogens is 240 g/mol. The molecule has 1 aromatic heterocycles. The molecule has 1 saturated heterocycles. The molecule has 1 aliphatic rings. The van der Waals surface area contributed by atoms with Gasteiger partial charge in [-0.15, -0.1) is 0 Å². The number of nitrogens with zero attached hydrogens (tertiary/aromatic N) is 3. The van der Waals surface area contributed by atoms with Gasteiger partial charge in [0.15, 0.2) is 0 Å². The first-order valence-corrected chi connectivity index (χ1v) is 7.06. The lowest BCUT2D eigenvalue weighted by molar-refractivity contribution is -0.0718. The second kappa shape index (κ2) is 6.93. The third kappa shape index (κ3) is 3.49. The van der Waals surface area contributed by atoms with Gasteiger partial charge in [-0.25, -0.2) is 9.97 Å². The van der Waals surface area contributed by atoms with Crippen LogP contribution in [0.15, 0.2) is 12.3 Å². The van der Waals surface area contributed by atoms with Gasteiger partial charge >= 0.3 is 0 Å². The smallest absolute Gasteiger partial charge is 0.125 e. The third-order valence-corrected chi connectivity index (χ3v) is 3.47. The number of hydrogen-bond acceptors (Lipinski definition) is 5. The van der Waals surface area contributed by atoms with Crippen molar-refractivity contribution in [2.24, 2.45) is 0 Å². The van der Waals surface area contributed by atoms with Crippen molar-refractivity contribution in [3.8, 4) is 0 Å².